The summed E-state index contributed by atoms with van der Waals surface area (Å²) < 4.78 is 0. The number of amides is 2. The van der Waals surface area contributed by atoms with Gasteiger partial charge in [0.1, 0.15) is 0 Å². The molecule has 0 atom stereocenters. The van der Waals surface area contributed by atoms with Gasteiger partial charge in [-0.25, -0.2) is 0 Å². The Morgan fingerprint density at radius 1 is 1.15 bits per heavy atom. The minimum atomic E-state index is -0.632. The highest BCUT2D eigenvalue weighted by Crippen LogP contribution is 2.33. The average molecular weight is 408 g/mol. The van der Waals surface area contributed by atoms with E-state index >= 15 is 0 Å². The normalized spacial score (nSPS) is 10.5. The minimum Gasteiger partial charge on any atom is -0.273 e. The topological polar surface area (TPSA) is 101 Å². The first-order chi connectivity index (χ1) is 12.8. The second kappa shape index (κ2) is 9.38. The molecule has 0 aliphatic heterocycles. The molecule has 0 aromatic heterocycles. The summed E-state index contributed by atoms with van der Waals surface area (Å²) in [4.78, 5) is 36.0. The van der Waals surface area contributed by atoms with Crippen molar-refractivity contribution in [1.29, 1.82) is 0 Å². The SMILES string of the molecule is CC(C)CC(=O)NNC(=O)c1cc([N+](=O)[O-])ccc1Sc1ccc(Cl)cc1. The third-order valence-electron chi connectivity index (χ3n) is 3.37. The highest BCUT2D eigenvalue weighted by atomic mass is 35.5. The average Bonchev–Trinajstić information content (AvgIpc) is 2.61. The fourth-order valence-corrected chi connectivity index (χ4v) is 3.19. The molecule has 0 unspecified atom stereocenters. The number of hydrogen-bond acceptors (Lipinski definition) is 5. The summed E-state index contributed by atoms with van der Waals surface area (Å²) in [5.74, 6) is -0.835. The first kappa shape index (κ1) is 20.7. The number of carbonyl (C=O) groups is 2. The van der Waals surface area contributed by atoms with Gasteiger partial charge in [0.25, 0.3) is 11.6 Å². The molecule has 0 fully saturated rings. The number of carbonyl (C=O) groups excluding carboxylic acids is 2. The van der Waals surface area contributed by atoms with Crippen LogP contribution in [0.15, 0.2) is 52.3 Å². The lowest BCUT2D eigenvalue weighted by atomic mass is 10.1. The second-order valence-electron chi connectivity index (χ2n) is 6.09. The molecule has 0 bridgehead atoms. The molecule has 7 nitrogen and oxygen atoms in total. The molecule has 142 valence electrons. The summed E-state index contributed by atoms with van der Waals surface area (Å²) in [7, 11) is 0. The summed E-state index contributed by atoms with van der Waals surface area (Å²) in [5, 5.41) is 11.6. The van der Waals surface area contributed by atoms with Crippen LogP contribution in [0, 0.1) is 16.0 Å². The highest BCUT2D eigenvalue weighted by Gasteiger charge is 2.18. The number of nitro groups is 1. The standard InChI is InChI=1S/C18H18ClN3O4S/c1-11(2)9-17(23)20-21-18(24)15-10-13(22(25)26)5-8-16(15)27-14-6-3-12(19)4-7-14/h3-8,10-11H,9H2,1-2H3,(H,20,23)(H,21,24). The fourth-order valence-electron chi connectivity index (χ4n) is 2.14. The number of rotatable bonds is 6. The summed E-state index contributed by atoms with van der Waals surface area (Å²) >= 11 is 7.13. The Hall–Kier alpha value is -2.58. The monoisotopic (exact) mass is 407 g/mol. The summed E-state index contributed by atoms with van der Waals surface area (Å²) in [6.45, 7) is 3.76. The van der Waals surface area contributed by atoms with Crippen LogP contribution in [0.1, 0.15) is 30.6 Å². The Labute approximate surface area is 165 Å². The van der Waals surface area contributed by atoms with Gasteiger partial charge in [-0.15, -0.1) is 0 Å². The van der Waals surface area contributed by atoms with E-state index in [2.05, 4.69) is 10.9 Å². The molecule has 9 heteroatoms. The van der Waals surface area contributed by atoms with Crippen molar-refractivity contribution in [2.24, 2.45) is 5.92 Å². The van der Waals surface area contributed by atoms with Gasteiger partial charge in [-0.2, -0.15) is 0 Å². The van der Waals surface area contributed by atoms with Gasteiger partial charge >= 0.3 is 0 Å². The van der Waals surface area contributed by atoms with Crippen LogP contribution in [-0.4, -0.2) is 16.7 Å². The van der Waals surface area contributed by atoms with Crippen molar-refractivity contribution in [2.75, 3.05) is 0 Å². The van der Waals surface area contributed by atoms with Crippen LogP contribution in [0.4, 0.5) is 5.69 Å². The molecular weight excluding hydrogens is 390 g/mol. The first-order valence-electron chi connectivity index (χ1n) is 8.07. The number of non-ortho nitro benzene ring substituents is 1. The molecule has 0 radical (unpaired) electrons. The molecule has 0 aliphatic carbocycles. The van der Waals surface area contributed by atoms with Crippen molar-refractivity contribution in [2.45, 2.75) is 30.1 Å². The van der Waals surface area contributed by atoms with Gasteiger partial charge in [-0.3, -0.25) is 30.6 Å². The number of nitrogens with one attached hydrogen (secondary N) is 2. The lowest BCUT2D eigenvalue weighted by molar-refractivity contribution is -0.384. The fraction of sp³-hybridized carbons (Fsp3) is 0.222. The Morgan fingerprint density at radius 2 is 1.81 bits per heavy atom. The Kier molecular flexibility index (Phi) is 7.20. The van der Waals surface area contributed by atoms with Crippen LogP contribution in [0.3, 0.4) is 0 Å². The first-order valence-corrected chi connectivity index (χ1v) is 9.26. The van der Waals surface area contributed by atoms with E-state index < -0.39 is 10.8 Å². The predicted molar refractivity (Wildman–Crippen MR) is 104 cm³/mol. The van der Waals surface area contributed by atoms with Crippen molar-refractivity contribution >= 4 is 40.9 Å². The van der Waals surface area contributed by atoms with E-state index in [0.29, 0.717) is 9.92 Å². The summed E-state index contributed by atoms with van der Waals surface area (Å²) in [5.41, 5.74) is 4.51. The zero-order valence-electron chi connectivity index (χ0n) is 14.7. The van der Waals surface area contributed by atoms with Crippen molar-refractivity contribution < 1.29 is 14.5 Å². The molecule has 2 rings (SSSR count). The number of halogens is 1. The van der Waals surface area contributed by atoms with Gasteiger partial charge in [-0.1, -0.05) is 37.2 Å². The van der Waals surface area contributed by atoms with E-state index in [1.54, 1.807) is 24.3 Å². The molecule has 27 heavy (non-hydrogen) atoms. The predicted octanol–water partition coefficient (Wildman–Crippen LogP) is 4.21. The molecule has 2 amide bonds. The maximum Gasteiger partial charge on any atom is 0.271 e. The van der Waals surface area contributed by atoms with Crippen molar-refractivity contribution in [3.05, 3.63) is 63.2 Å². The quantitative estimate of drug-likeness (QED) is 0.551. The van der Waals surface area contributed by atoms with E-state index in [4.69, 9.17) is 11.6 Å². The van der Waals surface area contributed by atoms with Crippen LogP contribution in [0.2, 0.25) is 5.02 Å². The Balaban J connectivity index is 2.23. The highest BCUT2D eigenvalue weighted by molar-refractivity contribution is 7.99. The van der Waals surface area contributed by atoms with Gasteiger partial charge in [0.15, 0.2) is 0 Å². The molecule has 2 aromatic carbocycles. The Morgan fingerprint density at radius 3 is 2.41 bits per heavy atom. The molecule has 0 spiro atoms. The third kappa shape index (κ3) is 6.26. The maximum absolute atomic E-state index is 12.5. The largest absolute Gasteiger partial charge is 0.273 e. The van der Waals surface area contributed by atoms with Crippen molar-refractivity contribution in [3.63, 3.8) is 0 Å². The maximum atomic E-state index is 12.5. The smallest absolute Gasteiger partial charge is 0.271 e. The number of nitro benzene ring substituents is 1. The Bertz CT molecular complexity index is 856. The number of hydrogen-bond donors (Lipinski definition) is 2. The molecule has 0 saturated carbocycles. The van der Waals surface area contributed by atoms with Gasteiger partial charge < -0.3 is 0 Å². The van der Waals surface area contributed by atoms with E-state index in [1.807, 2.05) is 13.8 Å². The molecular formula is C18H18ClN3O4S. The van der Waals surface area contributed by atoms with Crippen LogP contribution < -0.4 is 10.9 Å². The van der Waals surface area contributed by atoms with E-state index in [0.717, 1.165) is 4.90 Å². The zero-order chi connectivity index (χ0) is 20.0. The van der Waals surface area contributed by atoms with Crippen molar-refractivity contribution in [3.8, 4) is 0 Å². The van der Waals surface area contributed by atoms with E-state index in [1.165, 1.54) is 30.0 Å². The van der Waals surface area contributed by atoms with Gasteiger partial charge in [-0.05, 0) is 36.2 Å². The molecule has 2 N–H and O–H groups in total. The second-order valence-corrected chi connectivity index (χ2v) is 7.65. The van der Waals surface area contributed by atoms with Crippen LogP contribution >= 0.6 is 23.4 Å². The zero-order valence-corrected chi connectivity index (χ0v) is 16.3. The third-order valence-corrected chi connectivity index (χ3v) is 4.70. The van der Waals surface area contributed by atoms with E-state index in [9.17, 15) is 19.7 Å². The lowest BCUT2D eigenvalue weighted by Crippen LogP contribution is -2.42. The van der Waals surface area contributed by atoms with Gasteiger partial charge in [0.05, 0.1) is 10.5 Å². The lowest BCUT2D eigenvalue weighted by Gasteiger charge is -2.12. The van der Waals surface area contributed by atoms with Gasteiger partial charge in [0, 0.05) is 33.4 Å². The van der Waals surface area contributed by atoms with Crippen molar-refractivity contribution in [1.82, 2.24) is 10.9 Å². The van der Waals surface area contributed by atoms with E-state index in [-0.39, 0.29) is 29.5 Å². The van der Waals surface area contributed by atoms with Gasteiger partial charge in [0.2, 0.25) is 5.91 Å². The molecule has 2 aromatic rings. The molecule has 0 heterocycles. The number of hydrazine groups is 1. The molecule has 0 aliphatic rings. The van der Waals surface area contributed by atoms with Crippen LogP contribution in [0.5, 0.6) is 0 Å². The molecule has 0 saturated heterocycles. The van der Waals surface area contributed by atoms with Crippen LogP contribution in [0.25, 0.3) is 0 Å². The number of benzene rings is 2. The minimum absolute atomic E-state index is 0.0917. The van der Waals surface area contributed by atoms with Crippen LogP contribution in [-0.2, 0) is 4.79 Å². The number of nitrogens with zero attached hydrogens (tertiary/aromatic N) is 1. The summed E-state index contributed by atoms with van der Waals surface area (Å²) in [6, 6.07) is 11.0. The summed E-state index contributed by atoms with van der Waals surface area (Å²) in [6.07, 6.45) is 0.252.